The molecule has 0 atom stereocenters. The van der Waals surface area contributed by atoms with Crippen molar-refractivity contribution in [2.75, 3.05) is 6.61 Å². The van der Waals surface area contributed by atoms with E-state index in [1.54, 1.807) is 6.92 Å². The molecule has 1 N–H and O–H groups in total. The second-order valence-electron chi connectivity index (χ2n) is 7.81. The second-order valence-corrected chi connectivity index (χ2v) is 7.81. The summed E-state index contributed by atoms with van der Waals surface area (Å²) in [6.45, 7) is 13.7. The molecule has 2 bridgehead atoms. The third-order valence-corrected chi connectivity index (χ3v) is 3.67. The van der Waals surface area contributed by atoms with Gasteiger partial charge in [-0.05, 0) is 28.9 Å². The Labute approximate surface area is 139 Å². The van der Waals surface area contributed by atoms with E-state index < -0.39 is 5.97 Å². The maximum atomic E-state index is 9.37. The van der Waals surface area contributed by atoms with E-state index in [-0.39, 0.29) is 11.8 Å². The van der Waals surface area contributed by atoms with E-state index in [0.29, 0.717) is 12.0 Å². The molecule has 0 aliphatic carbocycles. The topological polar surface area (TPSA) is 55.8 Å². The zero-order chi connectivity index (χ0) is 17.7. The van der Waals surface area contributed by atoms with Crippen molar-refractivity contribution in [1.82, 2.24) is 0 Å². The number of hydrogen-bond donors (Lipinski definition) is 1. The summed E-state index contributed by atoms with van der Waals surface area (Å²) >= 11 is 0. The summed E-state index contributed by atoms with van der Waals surface area (Å²) in [7, 11) is 0. The lowest BCUT2D eigenvalue weighted by atomic mass is 9.70. The zero-order valence-corrected chi connectivity index (χ0v) is 15.2. The molecule has 0 amide bonds. The lowest BCUT2D eigenvalue weighted by Gasteiger charge is -2.34. The van der Waals surface area contributed by atoms with Crippen molar-refractivity contribution in [2.24, 2.45) is 5.41 Å². The molecule has 1 aromatic carbocycles. The van der Waals surface area contributed by atoms with Gasteiger partial charge in [0.05, 0.1) is 6.61 Å². The van der Waals surface area contributed by atoms with Gasteiger partial charge in [-0.25, -0.2) is 0 Å². The van der Waals surface area contributed by atoms with Crippen molar-refractivity contribution in [3.8, 4) is 5.75 Å². The summed E-state index contributed by atoms with van der Waals surface area (Å²) < 4.78 is 0. The number of carbonyl (C=O) groups is 1. The lowest BCUT2D eigenvalue weighted by Crippen LogP contribution is -2.26. The van der Waals surface area contributed by atoms with Gasteiger partial charge in [0.2, 0.25) is 0 Å². The average Bonchev–Trinajstić information content (AvgIpc) is 2.53. The predicted molar refractivity (Wildman–Crippen MR) is 91.8 cm³/mol. The van der Waals surface area contributed by atoms with Crippen LogP contribution in [-0.2, 0) is 21.5 Å². The van der Waals surface area contributed by atoms with Crippen molar-refractivity contribution in [3.05, 3.63) is 29.3 Å². The average molecular weight is 322 g/mol. The van der Waals surface area contributed by atoms with Gasteiger partial charge in [-0.15, -0.1) is 0 Å². The fourth-order valence-corrected chi connectivity index (χ4v) is 3.29. The Morgan fingerprint density at radius 2 is 1.83 bits per heavy atom. The van der Waals surface area contributed by atoms with Crippen molar-refractivity contribution < 1.29 is 19.7 Å². The summed E-state index contributed by atoms with van der Waals surface area (Å²) in [5.74, 6) is 0.143. The van der Waals surface area contributed by atoms with Gasteiger partial charge in [0.25, 0.3) is 0 Å². The molecule has 130 valence electrons. The Bertz CT molecular complexity index is 502. The molecule has 0 fully saturated rings. The van der Waals surface area contributed by atoms with Crippen LogP contribution in [0.1, 0.15) is 65.5 Å². The summed E-state index contributed by atoms with van der Waals surface area (Å²) in [5.41, 5.74) is 3.07. The van der Waals surface area contributed by atoms with Gasteiger partial charge in [0.1, 0.15) is 0 Å². The van der Waals surface area contributed by atoms with Crippen molar-refractivity contribution >= 4 is 5.97 Å². The van der Waals surface area contributed by atoms with Crippen LogP contribution >= 0.6 is 0 Å². The molecule has 0 radical (unpaired) electrons. The Morgan fingerprint density at radius 1 is 1.22 bits per heavy atom. The van der Waals surface area contributed by atoms with Crippen molar-refractivity contribution in [2.45, 2.75) is 66.2 Å². The van der Waals surface area contributed by atoms with E-state index in [1.807, 2.05) is 6.07 Å². The quantitative estimate of drug-likeness (QED) is 0.816. The molecular weight excluding hydrogens is 292 g/mol. The molecule has 1 aliphatic rings. The van der Waals surface area contributed by atoms with Crippen LogP contribution in [0.15, 0.2) is 18.2 Å². The Hall–Kier alpha value is -1.55. The number of aliphatic carboxylic acids is 1. The first kappa shape index (κ1) is 19.5. The van der Waals surface area contributed by atoms with Gasteiger partial charge < -0.3 is 9.99 Å². The number of carboxylic acids is 1. The van der Waals surface area contributed by atoms with Gasteiger partial charge >= 0.3 is 5.97 Å². The zero-order valence-electron chi connectivity index (χ0n) is 15.2. The third kappa shape index (κ3) is 6.22. The number of carboxylic acid groups (broad SMARTS) is 1. The third-order valence-electron chi connectivity index (χ3n) is 3.67. The highest BCUT2D eigenvalue weighted by Crippen LogP contribution is 2.43. The summed E-state index contributed by atoms with van der Waals surface area (Å²) in [5, 5.41) is 7.72. The molecular formula is C19H30O4. The van der Waals surface area contributed by atoms with Crippen molar-refractivity contribution in [3.63, 3.8) is 0 Å². The molecule has 2 rings (SSSR count). The molecule has 0 saturated heterocycles. The molecule has 4 nitrogen and oxygen atoms in total. The SMILES string of the molecule is CC(C)(C)CC(C)(C)c1c2cccc1OOCC2.CCC(=O)O. The van der Waals surface area contributed by atoms with Crippen LogP contribution in [0.2, 0.25) is 0 Å². The minimum atomic E-state index is -0.745. The monoisotopic (exact) mass is 322 g/mol. The summed E-state index contributed by atoms with van der Waals surface area (Å²) in [4.78, 5) is 20.0. The smallest absolute Gasteiger partial charge is 0.303 e. The lowest BCUT2D eigenvalue weighted by molar-refractivity contribution is -0.204. The second kappa shape index (κ2) is 7.82. The Morgan fingerprint density at radius 3 is 2.35 bits per heavy atom. The molecule has 0 aromatic heterocycles. The molecule has 0 unspecified atom stereocenters. The highest BCUT2D eigenvalue weighted by molar-refractivity contribution is 5.66. The van der Waals surface area contributed by atoms with E-state index in [1.165, 1.54) is 11.1 Å². The molecule has 23 heavy (non-hydrogen) atoms. The number of hydrogen-bond acceptors (Lipinski definition) is 3. The summed E-state index contributed by atoms with van der Waals surface area (Å²) in [6.07, 6.45) is 2.27. The minimum absolute atomic E-state index is 0.0951. The van der Waals surface area contributed by atoms with Crippen LogP contribution in [0.4, 0.5) is 0 Å². The van der Waals surface area contributed by atoms with Crippen LogP contribution in [0.3, 0.4) is 0 Å². The fourth-order valence-electron chi connectivity index (χ4n) is 3.29. The van der Waals surface area contributed by atoms with Gasteiger partial charge in [-0.2, -0.15) is 4.89 Å². The van der Waals surface area contributed by atoms with Crippen LogP contribution in [-0.4, -0.2) is 17.7 Å². The molecule has 0 spiro atoms. The maximum absolute atomic E-state index is 9.37. The van der Waals surface area contributed by atoms with Crippen molar-refractivity contribution in [1.29, 1.82) is 0 Å². The van der Waals surface area contributed by atoms with Crippen LogP contribution in [0.5, 0.6) is 5.75 Å². The largest absolute Gasteiger partial charge is 0.481 e. The maximum Gasteiger partial charge on any atom is 0.303 e. The summed E-state index contributed by atoms with van der Waals surface area (Å²) in [6, 6.07) is 6.26. The number of rotatable bonds is 3. The van der Waals surface area contributed by atoms with Crippen LogP contribution in [0.25, 0.3) is 0 Å². The van der Waals surface area contributed by atoms with Gasteiger partial charge in [0.15, 0.2) is 5.75 Å². The van der Waals surface area contributed by atoms with Gasteiger partial charge in [-0.1, -0.05) is 53.7 Å². The molecule has 1 aliphatic heterocycles. The predicted octanol–water partition coefficient (Wildman–Crippen LogP) is 4.75. The van der Waals surface area contributed by atoms with E-state index in [4.69, 9.17) is 14.9 Å². The number of benzene rings is 1. The highest BCUT2D eigenvalue weighted by atomic mass is 17.2. The minimum Gasteiger partial charge on any atom is -0.481 e. The first-order valence-electron chi connectivity index (χ1n) is 8.20. The molecule has 1 heterocycles. The molecule has 1 aromatic rings. The highest BCUT2D eigenvalue weighted by Gasteiger charge is 2.33. The van der Waals surface area contributed by atoms with Gasteiger partial charge in [0, 0.05) is 18.4 Å². The number of fused-ring (bicyclic) bond motifs is 2. The molecule has 4 heteroatoms. The molecule has 0 saturated carbocycles. The normalized spacial score (nSPS) is 14.2. The van der Waals surface area contributed by atoms with E-state index >= 15 is 0 Å². The first-order valence-corrected chi connectivity index (χ1v) is 8.20. The van der Waals surface area contributed by atoms with Crippen LogP contribution in [0, 0.1) is 5.41 Å². The van der Waals surface area contributed by atoms with Gasteiger partial charge in [-0.3, -0.25) is 4.79 Å². The van der Waals surface area contributed by atoms with E-state index in [2.05, 4.69) is 46.8 Å². The first-order chi connectivity index (χ1) is 10.6. The van der Waals surface area contributed by atoms with Crippen LogP contribution < -0.4 is 4.89 Å². The van der Waals surface area contributed by atoms with E-state index in [9.17, 15) is 4.79 Å². The Kier molecular flexibility index (Phi) is 6.63. The van der Waals surface area contributed by atoms with E-state index in [0.717, 1.165) is 18.6 Å². The Balaban J connectivity index is 0.000000463. The fraction of sp³-hybridized carbons (Fsp3) is 0.632. The standard InChI is InChI=1S/C16H24O2.C3H6O2/c1-15(2,3)11-16(4,5)14-12-7-6-8-13(14)18-17-10-9-12;1-2-3(4)5/h6-8H,9-11H2,1-5H3;2H2,1H3,(H,4,5).